The van der Waals surface area contributed by atoms with Gasteiger partial charge in [-0.1, -0.05) is 41.7 Å². The zero-order valence-electron chi connectivity index (χ0n) is 12.6. The minimum Gasteiger partial charge on any atom is -0.360 e. The average molecular weight is 319 g/mol. The lowest BCUT2D eigenvalue weighted by atomic mass is 10.1. The van der Waals surface area contributed by atoms with E-state index < -0.39 is 0 Å². The van der Waals surface area contributed by atoms with Gasteiger partial charge in [0.25, 0.3) is 5.91 Å². The maximum Gasteiger partial charge on any atom is 0.259 e. The van der Waals surface area contributed by atoms with Crippen molar-refractivity contribution in [1.82, 2.24) is 10.1 Å². The molecule has 4 nitrogen and oxygen atoms in total. The van der Waals surface area contributed by atoms with Crippen LogP contribution in [0.15, 0.2) is 28.8 Å². The molecule has 1 fully saturated rings. The van der Waals surface area contributed by atoms with Gasteiger partial charge in [-0.15, -0.1) is 0 Å². The third-order valence-corrected chi connectivity index (χ3v) is 4.30. The van der Waals surface area contributed by atoms with Gasteiger partial charge < -0.3 is 9.42 Å². The monoisotopic (exact) mass is 318 g/mol. The topological polar surface area (TPSA) is 46.3 Å². The van der Waals surface area contributed by atoms with E-state index in [4.69, 9.17) is 16.1 Å². The molecule has 0 aliphatic carbocycles. The second-order valence-electron chi connectivity index (χ2n) is 5.68. The molecular formula is C17H19ClN2O2. The molecule has 5 heteroatoms. The van der Waals surface area contributed by atoms with Crippen molar-refractivity contribution in [2.75, 3.05) is 13.1 Å². The molecule has 0 saturated carbocycles. The molecule has 0 unspecified atom stereocenters. The Labute approximate surface area is 135 Å². The molecule has 0 radical (unpaired) electrons. The number of aryl methyl sites for hydroxylation is 1. The second kappa shape index (κ2) is 6.53. The molecule has 1 aliphatic heterocycles. The van der Waals surface area contributed by atoms with Crippen LogP contribution >= 0.6 is 11.6 Å². The summed E-state index contributed by atoms with van der Waals surface area (Å²) in [5.74, 6) is 0.569. The van der Waals surface area contributed by atoms with Gasteiger partial charge in [0.05, 0.1) is 0 Å². The van der Waals surface area contributed by atoms with Crippen molar-refractivity contribution in [3.05, 3.63) is 40.6 Å². The number of likely N-dealkylation sites (tertiary alicyclic amines) is 1. The average Bonchev–Trinajstić information content (AvgIpc) is 2.73. The standard InChI is InChI=1S/C17H19ClN2O2/c1-12-15(17(21)20-9-4-2-3-5-10-20)16(19-22-12)13-7-6-8-14(18)11-13/h6-8,11H,2-5,9-10H2,1H3. The molecule has 0 N–H and O–H groups in total. The van der Waals surface area contributed by atoms with E-state index in [0.717, 1.165) is 31.5 Å². The molecule has 1 saturated heterocycles. The number of rotatable bonds is 2. The van der Waals surface area contributed by atoms with E-state index in [1.165, 1.54) is 12.8 Å². The van der Waals surface area contributed by atoms with Crippen LogP contribution in [0.2, 0.25) is 5.02 Å². The molecule has 22 heavy (non-hydrogen) atoms. The van der Waals surface area contributed by atoms with Gasteiger partial charge in [0.2, 0.25) is 0 Å². The molecule has 116 valence electrons. The second-order valence-corrected chi connectivity index (χ2v) is 6.12. The third kappa shape index (κ3) is 3.02. The molecule has 3 rings (SSSR count). The van der Waals surface area contributed by atoms with E-state index >= 15 is 0 Å². The molecule has 1 aromatic carbocycles. The number of carbonyl (C=O) groups is 1. The van der Waals surface area contributed by atoms with Gasteiger partial charge in [0, 0.05) is 23.7 Å². The minimum absolute atomic E-state index is 0.00984. The zero-order chi connectivity index (χ0) is 15.5. The number of benzene rings is 1. The summed E-state index contributed by atoms with van der Waals surface area (Å²) < 4.78 is 5.29. The molecule has 0 spiro atoms. The first-order valence-electron chi connectivity index (χ1n) is 7.68. The van der Waals surface area contributed by atoms with Crippen molar-refractivity contribution in [2.24, 2.45) is 0 Å². The van der Waals surface area contributed by atoms with Gasteiger partial charge in [0.15, 0.2) is 0 Å². The first-order valence-corrected chi connectivity index (χ1v) is 8.06. The summed E-state index contributed by atoms with van der Waals surface area (Å²) in [6, 6.07) is 7.34. The lowest BCUT2D eigenvalue weighted by molar-refractivity contribution is 0.0760. The van der Waals surface area contributed by atoms with E-state index in [-0.39, 0.29) is 5.91 Å². The van der Waals surface area contributed by atoms with Crippen LogP contribution in [0.1, 0.15) is 41.8 Å². The van der Waals surface area contributed by atoms with Crippen molar-refractivity contribution in [2.45, 2.75) is 32.6 Å². The predicted octanol–water partition coefficient (Wildman–Crippen LogP) is 4.32. The van der Waals surface area contributed by atoms with Crippen molar-refractivity contribution in [1.29, 1.82) is 0 Å². The number of hydrogen-bond acceptors (Lipinski definition) is 3. The minimum atomic E-state index is 0.00984. The van der Waals surface area contributed by atoms with E-state index in [1.54, 1.807) is 19.1 Å². The predicted molar refractivity (Wildman–Crippen MR) is 86.1 cm³/mol. The van der Waals surface area contributed by atoms with Gasteiger partial charge in [0.1, 0.15) is 17.0 Å². The number of aromatic nitrogens is 1. The number of amides is 1. The number of hydrogen-bond donors (Lipinski definition) is 0. The summed E-state index contributed by atoms with van der Waals surface area (Å²) in [6.45, 7) is 3.39. The van der Waals surface area contributed by atoms with Crippen molar-refractivity contribution in [3.8, 4) is 11.3 Å². The summed E-state index contributed by atoms with van der Waals surface area (Å²) in [6.07, 6.45) is 4.49. The van der Waals surface area contributed by atoms with Gasteiger partial charge in [-0.2, -0.15) is 0 Å². The lowest BCUT2D eigenvalue weighted by Gasteiger charge is -2.20. The van der Waals surface area contributed by atoms with Crippen molar-refractivity contribution >= 4 is 17.5 Å². The summed E-state index contributed by atoms with van der Waals surface area (Å²) in [4.78, 5) is 14.8. The Morgan fingerprint density at radius 1 is 1.23 bits per heavy atom. The summed E-state index contributed by atoms with van der Waals surface area (Å²) in [7, 11) is 0. The molecule has 1 aliphatic rings. The van der Waals surface area contributed by atoms with Crippen LogP contribution < -0.4 is 0 Å². The van der Waals surface area contributed by atoms with Gasteiger partial charge in [-0.3, -0.25) is 4.79 Å². The smallest absolute Gasteiger partial charge is 0.259 e. The first-order chi connectivity index (χ1) is 10.7. The summed E-state index contributed by atoms with van der Waals surface area (Å²) in [5, 5.41) is 4.70. The Hall–Kier alpha value is -1.81. The Kier molecular flexibility index (Phi) is 4.48. The van der Waals surface area contributed by atoms with Crippen LogP contribution in [0, 0.1) is 6.92 Å². The largest absolute Gasteiger partial charge is 0.360 e. The van der Waals surface area contributed by atoms with Crippen molar-refractivity contribution in [3.63, 3.8) is 0 Å². The lowest BCUT2D eigenvalue weighted by Crippen LogP contribution is -2.32. The summed E-state index contributed by atoms with van der Waals surface area (Å²) in [5.41, 5.74) is 1.95. The highest BCUT2D eigenvalue weighted by Crippen LogP contribution is 2.28. The maximum atomic E-state index is 12.9. The van der Waals surface area contributed by atoms with E-state index in [2.05, 4.69) is 5.16 Å². The summed E-state index contributed by atoms with van der Waals surface area (Å²) >= 11 is 6.05. The van der Waals surface area contributed by atoms with Crippen molar-refractivity contribution < 1.29 is 9.32 Å². The maximum absolute atomic E-state index is 12.9. The quantitative estimate of drug-likeness (QED) is 0.828. The molecule has 2 heterocycles. The fraction of sp³-hybridized carbons (Fsp3) is 0.412. The SMILES string of the molecule is Cc1onc(-c2cccc(Cl)c2)c1C(=O)N1CCCCCC1. The van der Waals surface area contributed by atoms with Crippen LogP contribution in [0.3, 0.4) is 0 Å². The van der Waals surface area contributed by atoms with Gasteiger partial charge >= 0.3 is 0 Å². The van der Waals surface area contributed by atoms with Crippen LogP contribution in [0.4, 0.5) is 0 Å². The number of halogens is 1. The van der Waals surface area contributed by atoms with Crippen LogP contribution in [0.5, 0.6) is 0 Å². The molecule has 0 bridgehead atoms. The normalized spacial score (nSPS) is 15.6. The Morgan fingerprint density at radius 3 is 2.64 bits per heavy atom. The molecular weight excluding hydrogens is 300 g/mol. The molecule has 1 amide bonds. The highest BCUT2D eigenvalue weighted by molar-refractivity contribution is 6.30. The highest BCUT2D eigenvalue weighted by atomic mass is 35.5. The first kappa shape index (κ1) is 15.1. The molecule has 2 aromatic rings. The van der Waals surface area contributed by atoms with E-state index in [1.807, 2.05) is 17.0 Å². The fourth-order valence-corrected chi connectivity index (χ4v) is 3.08. The molecule has 0 atom stereocenters. The fourth-order valence-electron chi connectivity index (χ4n) is 2.89. The van der Waals surface area contributed by atoms with Gasteiger partial charge in [-0.25, -0.2) is 0 Å². The third-order valence-electron chi connectivity index (χ3n) is 4.07. The van der Waals surface area contributed by atoms with Gasteiger partial charge in [-0.05, 0) is 31.9 Å². The Balaban J connectivity index is 1.96. The van der Waals surface area contributed by atoms with E-state index in [9.17, 15) is 4.79 Å². The highest BCUT2D eigenvalue weighted by Gasteiger charge is 2.26. The van der Waals surface area contributed by atoms with E-state index in [0.29, 0.717) is 22.0 Å². The van der Waals surface area contributed by atoms with Crippen LogP contribution in [-0.4, -0.2) is 29.1 Å². The zero-order valence-corrected chi connectivity index (χ0v) is 13.4. The van der Waals surface area contributed by atoms with Crippen LogP contribution in [0.25, 0.3) is 11.3 Å². The Morgan fingerprint density at radius 2 is 1.95 bits per heavy atom. The number of nitrogens with zero attached hydrogens (tertiary/aromatic N) is 2. The number of carbonyl (C=O) groups excluding carboxylic acids is 1. The van der Waals surface area contributed by atoms with Crippen LogP contribution in [-0.2, 0) is 0 Å². The molecule has 1 aromatic heterocycles. The Bertz CT molecular complexity index is 673.